The average Bonchev–Trinajstić information content (AvgIpc) is 2.86. The Hall–Kier alpha value is -2.87. The second kappa shape index (κ2) is 5.65. The Morgan fingerprint density at radius 1 is 1.37 bits per heavy atom. The van der Waals surface area contributed by atoms with Gasteiger partial charge in [0.05, 0.1) is 29.7 Å². The number of carbonyl (C=O) groups excluding carboxylic acids is 1. The largest absolute Gasteiger partial charge is 0.469 e. The van der Waals surface area contributed by atoms with E-state index < -0.39 is 0 Å². The highest BCUT2D eigenvalue weighted by Crippen LogP contribution is 2.08. The Morgan fingerprint density at radius 3 is 2.68 bits per heavy atom. The van der Waals surface area contributed by atoms with Crippen molar-refractivity contribution in [1.29, 1.82) is 5.26 Å². The lowest BCUT2D eigenvalue weighted by molar-refractivity contribution is 0.0953. The molecule has 0 aliphatic heterocycles. The van der Waals surface area contributed by atoms with Crippen molar-refractivity contribution in [2.75, 3.05) is 0 Å². The molecule has 0 aliphatic rings. The first kappa shape index (κ1) is 12.6. The molecular weight excluding hydrogens is 242 g/mol. The molecule has 0 saturated carbocycles. The van der Waals surface area contributed by atoms with Gasteiger partial charge in [0, 0.05) is 0 Å². The second-order valence-electron chi connectivity index (χ2n) is 3.82. The quantitative estimate of drug-likeness (QED) is 0.673. The summed E-state index contributed by atoms with van der Waals surface area (Å²) in [6, 6.07) is 10.5. The van der Waals surface area contributed by atoms with Crippen LogP contribution in [0.3, 0.4) is 0 Å². The zero-order chi connectivity index (χ0) is 13.7. The number of nitriles is 1. The third kappa shape index (κ3) is 3.07. The first-order valence-corrected chi connectivity index (χ1v) is 5.58. The van der Waals surface area contributed by atoms with E-state index in [0.717, 1.165) is 5.56 Å². The highest BCUT2D eigenvalue weighted by atomic mass is 16.3. The van der Waals surface area contributed by atoms with E-state index >= 15 is 0 Å². The number of aryl methyl sites for hydroxylation is 1. The van der Waals surface area contributed by atoms with Crippen molar-refractivity contribution in [3.8, 4) is 6.07 Å². The van der Waals surface area contributed by atoms with E-state index in [2.05, 4.69) is 10.5 Å². The fraction of sp³-hybridized carbons (Fsp3) is 0.0714. The lowest BCUT2D eigenvalue weighted by Crippen LogP contribution is -2.17. The van der Waals surface area contributed by atoms with Crippen LogP contribution in [0, 0.1) is 18.3 Å². The van der Waals surface area contributed by atoms with Crippen LogP contribution in [0.5, 0.6) is 0 Å². The molecule has 0 fully saturated rings. The molecular formula is C14H11N3O2. The van der Waals surface area contributed by atoms with Gasteiger partial charge in [-0.25, -0.2) is 5.43 Å². The third-order valence-corrected chi connectivity index (χ3v) is 2.52. The predicted molar refractivity (Wildman–Crippen MR) is 69.7 cm³/mol. The van der Waals surface area contributed by atoms with Crippen LogP contribution in [0.2, 0.25) is 0 Å². The summed E-state index contributed by atoms with van der Waals surface area (Å²) in [7, 11) is 0. The summed E-state index contributed by atoms with van der Waals surface area (Å²) in [5.74, 6) is 0.224. The number of hydrogen-bond donors (Lipinski definition) is 1. The zero-order valence-corrected chi connectivity index (χ0v) is 10.3. The van der Waals surface area contributed by atoms with Crippen LogP contribution < -0.4 is 5.43 Å². The van der Waals surface area contributed by atoms with E-state index in [1.165, 1.54) is 12.5 Å². The molecule has 0 bridgehead atoms. The van der Waals surface area contributed by atoms with Crippen LogP contribution >= 0.6 is 0 Å². The Labute approximate surface area is 110 Å². The normalized spacial score (nSPS) is 10.3. The summed E-state index contributed by atoms with van der Waals surface area (Å²) in [6.45, 7) is 1.71. The lowest BCUT2D eigenvalue weighted by Gasteiger charge is -1.97. The second-order valence-corrected chi connectivity index (χ2v) is 3.82. The SMILES string of the molecule is Cc1occc1C(=O)NN=Cc1ccc(C#N)cc1. The average molecular weight is 253 g/mol. The van der Waals surface area contributed by atoms with Crippen molar-refractivity contribution in [2.45, 2.75) is 6.92 Å². The molecule has 0 unspecified atom stereocenters. The number of hydrogen-bond acceptors (Lipinski definition) is 4. The van der Waals surface area contributed by atoms with Crippen molar-refractivity contribution in [3.05, 3.63) is 59.0 Å². The molecule has 2 aromatic rings. The van der Waals surface area contributed by atoms with E-state index in [1.54, 1.807) is 37.3 Å². The molecule has 1 heterocycles. The summed E-state index contributed by atoms with van der Waals surface area (Å²) in [6.07, 6.45) is 2.96. The molecule has 1 N–H and O–H groups in total. The number of furan rings is 1. The number of amides is 1. The Morgan fingerprint density at radius 2 is 2.11 bits per heavy atom. The number of rotatable bonds is 3. The van der Waals surface area contributed by atoms with Crippen LogP contribution in [-0.4, -0.2) is 12.1 Å². The molecule has 2 rings (SSSR count). The summed E-state index contributed by atoms with van der Waals surface area (Å²) in [4.78, 5) is 11.7. The minimum atomic E-state index is -0.323. The summed E-state index contributed by atoms with van der Waals surface area (Å²) in [5.41, 5.74) is 4.24. The van der Waals surface area contributed by atoms with Gasteiger partial charge in [0.2, 0.25) is 0 Å². The van der Waals surface area contributed by atoms with E-state index in [9.17, 15) is 4.79 Å². The van der Waals surface area contributed by atoms with E-state index in [1.807, 2.05) is 6.07 Å². The van der Waals surface area contributed by atoms with E-state index in [4.69, 9.17) is 9.68 Å². The van der Waals surface area contributed by atoms with Crippen LogP contribution in [0.15, 0.2) is 46.1 Å². The van der Waals surface area contributed by atoms with Gasteiger partial charge in [-0.05, 0) is 30.7 Å². The van der Waals surface area contributed by atoms with Gasteiger partial charge in [-0.1, -0.05) is 12.1 Å². The van der Waals surface area contributed by atoms with E-state index in [0.29, 0.717) is 16.9 Å². The number of benzene rings is 1. The van der Waals surface area contributed by atoms with Crippen molar-refractivity contribution >= 4 is 12.1 Å². The van der Waals surface area contributed by atoms with Gasteiger partial charge in [0.1, 0.15) is 5.76 Å². The minimum Gasteiger partial charge on any atom is -0.469 e. The molecule has 0 saturated heterocycles. The Kier molecular flexibility index (Phi) is 3.74. The molecule has 0 radical (unpaired) electrons. The number of carbonyl (C=O) groups is 1. The first-order chi connectivity index (χ1) is 9.20. The Bertz CT molecular complexity index is 648. The third-order valence-electron chi connectivity index (χ3n) is 2.52. The summed E-state index contributed by atoms with van der Waals surface area (Å²) in [5, 5.41) is 12.5. The smallest absolute Gasteiger partial charge is 0.274 e. The van der Waals surface area contributed by atoms with Gasteiger partial charge in [0.15, 0.2) is 0 Å². The molecule has 1 aromatic heterocycles. The monoisotopic (exact) mass is 253 g/mol. The maximum absolute atomic E-state index is 11.7. The molecule has 1 aromatic carbocycles. The van der Waals surface area contributed by atoms with Gasteiger partial charge in [-0.2, -0.15) is 10.4 Å². The van der Waals surface area contributed by atoms with Gasteiger partial charge >= 0.3 is 0 Å². The summed E-state index contributed by atoms with van der Waals surface area (Å²) >= 11 is 0. The first-order valence-electron chi connectivity index (χ1n) is 5.58. The van der Waals surface area contributed by atoms with Crippen LogP contribution in [0.1, 0.15) is 27.2 Å². The van der Waals surface area contributed by atoms with Crippen molar-refractivity contribution in [2.24, 2.45) is 5.10 Å². The van der Waals surface area contributed by atoms with Gasteiger partial charge in [-0.3, -0.25) is 4.79 Å². The number of nitrogens with one attached hydrogen (secondary N) is 1. The molecule has 0 atom stereocenters. The van der Waals surface area contributed by atoms with Crippen LogP contribution in [0.25, 0.3) is 0 Å². The highest BCUT2D eigenvalue weighted by molar-refractivity contribution is 5.95. The van der Waals surface area contributed by atoms with Gasteiger partial charge in [0.25, 0.3) is 5.91 Å². The standard InChI is InChI=1S/C14H11N3O2/c1-10-13(6-7-19-10)14(18)17-16-9-12-4-2-11(8-15)3-5-12/h2-7,9H,1H3,(H,17,18). The van der Waals surface area contributed by atoms with Crippen molar-refractivity contribution in [1.82, 2.24) is 5.43 Å². The molecule has 0 aliphatic carbocycles. The maximum Gasteiger partial charge on any atom is 0.274 e. The van der Waals surface area contributed by atoms with Crippen molar-refractivity contribution < 1.29 is 9.21 Å². The molecule has 5 heteroatoms. The molecule has 0 spiro atoms. The molecule has 1 amide bonds. The summed E-state index contributed by atoms with van der Waals surface area (Å²) < 4.78 is 5.03. The Balaban J connectivity index is 1.98. The fourth-order valence-electron chi connectivity index (χ4n) is 1.49. The van der Waals surface area contributed by atoms with Gasteiger partial charge in [-0.15, -0.1) is 0 Å². The van der Waals surface area contributed by atoms with Crippen molar-refractivity contribution in [3.63, 3.8) is 0 Å². The molecule has 94 valence electrons. The molecule has 5 nitrogen and oxygen atoms in total. The van der Waals surface area contributed by atoms with Crippen LogP contribution in [0.4, 0.5) is 0 Å². The molecule has 19 heavy (non-hydrogen) atoms. The minimum absolute atomic E-state index is 0.323. The topological polar surface area (TPSA) is 78.4 Å². The number of nitrogens with zero attached hydrogens (tertiary/aromatic N) is 2. The van der Waals surface area contributed by atoms with Crippen LogP contribution in [-0.2, 0) is 0 Å². The number of hydrazone groups is 1. The highest BCUT2D eigenvalue weighted by Gasteiger charge is 2.09. The lowest BCUT2D eigenvalue weighted by atomic mass is 10.2. The predicted octanol–water partition coefficient (Wildman–Crippen LogP) is 2.22. The fourth-order valence-corrected chi connectivity index (χ4v) is 1.49. The van der Waals surface area contributed by atoms with E-state index in [-0.39, 0.29) is 5.91 Å². The maximum atomic E-state index is 11.7. The zero-order valence-electron chi connectivity index (χ0n) is 10.3. The van der Waals surface area contributed by atoms with Gasteiger partial charge < -0.3 is 4.42 Å².